The van der Waals surface area contributed by atoms with Crippen molar-refractivity contribution in [3.63, 3.8) is 0 Å². The van der Waals surface area contributed by atoms with Crippen molar-refractivity contribution >= 4 is 22.9 Å². The first kappa shape index (κ1) is 18.8. The van der Waals surface area contributed by atoms with Gasteiger partial charge in [0, 0.05) is 11.8 Å². The van der Waals surface area contributed by atoms with E-state index in [1.807, 2.05) is 24.4 Å². The van der Waals surface area contributed by atoms with Gasteiger partial charge in [-0.1, -0.05) is 6.07 Å². The van der Waals surface area contributed by atoms with Crippen molar-refractivity contribution in [1.29, 1.82) is 0 Å². The number of carbonyl (C=O) groups excluding carboxylic acids is 1. The van der Waals surface area contributed by atoms with E-state index in [4.69, 9.17) is 4.74 Å². The normalized spacial score (nSPS) is 11.2. The number of amides is 1. The lowest BCUT2D eigenvalue weighted by atomic mass is 10.0. The minimum Gasteiger partial charge on any atom is -0.494 e. The van der Waals surface area contributed by atoms with Crippen LogP contribution >= 0.6 is 11.3 Å². The zero-order chi connectivity index (χ0) is 19.4. The minimum absolute atomic E-state index is 0.329. The number of hydrogen-bond acceptors (Lipinski definition) is 5. The molecule has 7 heteroatoms. The standard InChI is InChI=1S/C20H21N3O3S/c1-4-26-15-9-7-14(8-10-15)21-19(25)20(2,3)23-18(24)12-11-16(22-23)17-6-5-13-27-17/h5-13H,4H2,1-3H3,(H,21,25). The average Bonchev–Trinajstić information content (AvgIpc) is 3.18. The lowest BCUT2D eigenvalue weighted by Gasteiger charge is -2.25. The van der Waals surface area contributed by atoms with Crippen molar-refractivity contribution in [1.82, 2.24) is 9.78 Å². The highest BCUT2D eigenvalue weighted by Crippen LogP contribution is 2.23. The molecule has 27 heavy (non-hydrogen) atoms. The number of nitrogens with zero attached hydrogens (tertiary/aromatic N) is 2. The molecule has 0 aliphatic rings. The Morgan fingerprint density at radius 2 is 1.93 bits per heavy atom. The molecule has 3 rings (SSSR count). The summed E-state index contributed by atoms with van der Waals surface area (Å²) in [5, 5.41) is 9.20. The number of anilines is 1. The predicted octanol–water partition coefficient (Wildman–Crippen LogP) is 3.74. The first-order chi connectivity index (χ1) is 12.9. The van der Waals surface area contributed by atoms with E-state index in [-0.39, 0.29) is 11.5 Å². The van der Waals surface area contributed by atoms with Gasteiger partial charge in [-0.05, 0) is 62.5 Å². The summed E-state index contributed by atoms with van der Waals surface area (Å²) in [6.07, 6.45) is 0. The third kappa shape index (κ3) is 4.09. The molecular weight excluding hydrogens is 362 g/mol. The van der Waals surface area contributed by atoms with E-state index in [1.54, 1.807) is 44.2 Å². The lowest BCUT2D eigenvalue weighted by Crippen LogP contribution is -2.47. The summed E-state index contributed by atoms with van der Waals surface area (Å²) in [5.74, 6) is 0.404. The quantitative estimate of drug-likeness (QED) is 0.704. The number of thiophene rings is 1. The number of carbonyl (C=O) groups is 1. The fourth-order valence-electron chi connectivity index (χ4n) is 2.55. The van der Waals surface area contributed by atoms with E-state index < -0.39 is 5.54 Å². The molecule has 1 aromatic carbocycles. The minimum atomic E-state index is -1.16. The Labute approximate surface area is 161 Å². The summed E-state index contributed by atoms with van der Waals surface area (Å²) in [6, 6.07) is 14.0. The van der Waals surface area contributed by atoms with Crippen LogP contribution in [0.25, 0.3) is 10.6 Å². The Bertz CT molecular complexity index is 976. The van der Waals surface area contributed by atoms with Gasteiger partial charge >= 0.3 is 0 Å². The molecule has 0 saturated carbocycles. The second kappa shape index (κ2) is 7.75. The van der Waals surface area contributed by atoms with Gasteiger partial charge in [0.15, 0.2) is 0 Å². The molecule has 1 amide bonds. The van der Waals surface area contributed by atoms with Gasteiger partial charge in [-0.3, -0.25) is 9.59 Å². The lowest BCUT2D eigenvalue weighted by molar-refractivity contribution is -0.123. The highest BCUT2D eigenvalue weighted by molar-refractivity contribution is 7.13. The summed E-state index contributed by atoms with van der Waals surface area (Å²) < 4.78 is 6.63. The third-order valence-corrected chi connectivity index (χ3v) is 4.97. The van der Waals surface area contributed by atoms with Crippen molar-refractivity contribution < 1.29 is 9.53 Å². The van der Waals surface area contributed by atoms with E-state index >= 15 is 0 Å². The van der Waals surface area contributed by atoms with Crippen LogP contribution < -0.4 is 15.6 Å². The SMILES string of the molecule is CCOc1ccc(NC(=O)C(C)(C)n2nc(-c3cccs3)ccc2=O)cc1. The topological polar surface area (TPSA) is 73.2 Å². The van der Waals surface area contributed by atoms with Gasteiger partial charge in [0.25, 0.3) is 11.5 Å². The summed E-state index contributed by atoms with van der Waals surface area (Å²) in [6.45, 7) is 5.83. The van der Waals surface area contributed by atoms with Crippen LogP contribution in [0.4, 0.5) is 5.69 Å². The van der Waals surface area contributed by atoms with E-state index in [0.717, 1.165) is 10.6 Å². The second-order valence-corrected chi connectivity index (χ2v) is 7.36. The van der Waals surface area contributed by atoms with Gasteiger partial charge in [0.2, 0.25) is 0 Å². The van der Waals surface area contributed by atoms with Gasteiger partial charge in [0.1, 0.15) is 17.0 Å². The van der Waals surface area contributed by atoms with E-state index in [2.05, 4.69) is 10.4 Å². The molecule has 0 saturated heterocycles. The second-order valence-electron chi connectivity index (χ2n) is 6.42. The molecule has 0 bridgehead atoms. The number of nitrogens with one attached hydrogen (secondary N) is 1. The predicted molar refractivity (Wildman–Crippen MR) is 107 cm³/mol. The van der Waals surface area contributed by atoms with Crippen LogP contribution in [0.5, 0.6) is 5.75 Å². The van der Waals surface area contributed by atoms with Gasteiger partial charge in [-0.2, -0.15) is 5.10 Å². The first-order valence-corrected chi connectivity index (χ1v) is 9.49. The van der Waals surface area contributed by atoms with Crippen molar-refractivity contribution in [2.24, 2.45) is 0 Å². The molecule has 0 aliphatic heterocycles. The van der Waals surface area contributed by atoms with Crippen LogP contribution in [0.1, 0.15) is 20.8 Å². The number of aromatic nitrogens is 2. The molecule has 0 fully saturated rings. The van der Waals surface area contributed by atoms with Crippen LogP contribution in [0.15, 0.2) is 58.7 Å². The molecule has 6 nitrogen and oxygen atoms in total. The Hall–Kier alpha value is -2.93. The molecule has 0 spiro atoms. The van der Waals surface area contributed by atoms with Crippen LogP contribution in [0, 0.1) is 0 Å². The summed E-state index contributed by atoms with van der Waals surface area (Å²) >= 11 is 1.53. The maximum absolute atomic E-state index is 12.9. The summed E-state index contributed by atoms with van der Waals surface area (Å²) in [7, 11) is 0. The third-order valence-electron chi connectivity index (χ3n) is 4.08. The average molecular weight is 383 g/mol. The number of hydrogen-bond donors (Lipinski definition) is 1. The largest absolute Gasteiger partial charge is 0.494 e. The monoisotopic (exact) mass is 383 g/mol. The van der Waals surface area contributed by atoms with Crippen LogP contribution in [0.2, 0.25) is 0 Å². The van der Waals surface area contributed by atoms with Crippen molar-refractivity contribution in [2.75, 3.05) is 11.9 Å². The van der Waals surface area contributed by atoms with Gasteiger partial charge < -0.3 is 10.1 Å². The zero-order valence-corrected chi connectivity index (χ0v) is 16.2. The summed E-state index contributed by atoms with van der Waals surface area (Å²) in [4.78, 5) is 26.2. The Morgan fingerprint density at radius 1 is 1.19 bits per heavy atom. The zero-order valence-electron chi connectivity index (χ0n) is 15.4. The molecule has 0 radical (unpaired) electrons. The van der Waals surface area contributed by atoms with E-state index in [1.165, 1.54) is 22.1 Å². The Balaban J connectivity index is 1.85. The van der Waals surface area contributed by atoms with Crippen LogP contribution in [-0.2, 0) is 10.3 Å². The van der Waals surface area contributed by atoms with Crippen LogP contribution in [-0.4, -0.2) is 22.3 Å². The molecule has 140 valence electrons. The van der Waals surface area contributed by atoms with Crippen molar-refractivity contribution in [3.05, 3.63) is 64.3 Å². The van der Waals surface area contributed by atoms with Gasteiger partial charge in [-0.25, -0.2) is 4.68 Å². The molecule has 0 atom stereocenters. The maximum Gasteiger partial charge on any atom is 0.267 e. The molecule has 0 unspecified atom stereocenters. The highest BCUT2D eigenvalue weighted by Gasteiger charge is 2.32. The summed E-state index contributed by atoms with van der Waals surface area (Å²) in [5.41, 5.74) is -0.212. The highest BCUT2D eigenvalue weighted by atomic mass is 32.1. The smallest absolute Gasteiger partial charge is 0.267 e. The number of rotatable bonds is 6. The number of benzene rings is 1. The van der Waals surface area contributed by atoms with Crippen molar-refractivity contribution in [3.8, 4) is 16.3 Å². The Morgan fingerprint density at radius 3 is 2.56 bits per heavy atom. The Kier molecular flexibility index (Phi) is 5.41. The van der Waals surface area contributed by atoms with Gasteiger partial charge in [-0.15, -0.1) is 11.3 Å². The molecule has 3 aromatic rings. The molecule has 2 aromatic heterocycles. The fourth-order valence-corrected chi connectivity index (χ4v) is 3.24. The van der Waals surface area contributed by atoms with Crippen LogP contribution in [0.3, 0.4) is 0 Å². The molecule has 2 heterocycles. The molecule has 1 N–H and O–H groups in total. The maximum atomic E-state index is 12.9. The molecular formula is C20H21N3O3S. The van der Waals surface area contributed by atoms with E-state index in [9.17, 15) is 9.59 Å². The first-order valence-electron chi connectivity index (χ1n) is 8.61. The number of ether oxygens (including phenoxy) is 1. The molecule has 0 aliphatic carbocycles. The van der Waals surface area contributed by atoms with Crippen molar-refractivity contribution in [2.45, 2.75) is 26.3 Å². The fraction of sp³-hybridized carbons (Fsp3) is 0.250. The van der Waals surface area contributed by atoms with E-state index in [0.29, 0.717) is 18.0 Å². The van der Waals surface area contributed by atoms with Gasteiger partial charge in [0.05, 0.1) is 11.5 Å².